The molecule has 4 rings (SSSR count). The lowest BCUT2D eigenvalue weighted by molar-refractivity contribution is 0.0941. The van der Waals surface area contributed by atoms with E-state index in [-0.39, 0.29) is 11.7 Å². The van der Waals surface area contributed by atoms with E-state index in [1.54, 1.807) is 15.9 Å². The van der Waals surface area contributed by atoms with Crippen LogP contribution in [-0.2, 0) is 6.42 Å². The molecule has 0 bridgehead atoms. The summed E-state index contributed by atoms with van der Waals surface area (Å²) in [5.41, 5.74) is 2.14. The summed E-state index contributed by atoms with van der Waals surface area (Å²) in [6, 6.07) is 0. The van der Waals surface area contributed by atoms with Gasteiger partial charge in [-0.2, -0.15) is 4.52 Å². The maximum absolute atomic E-state index is 12.7. The van der Waals surface area contributed by atoms with Crippen molar-refractivity contribution < 1.29 is 4.79 Å². The highest BCUT2D eigenvalue weighted by Crippen LogP contribution is 2.42. The Morgan fingerprint density at radius 1 is 1.31 bits per heavy atom. The molecule has 1 amide bonds. The van der Waals surface area contributed by atoms with E-state index < -0.39 is 0 Å². The minimum atomic E-state index is -0.210. The molecule has 3 aromatic rings. The standard InChI is InChI=1S/C21H30N6OS/c1-5-26(6-2)12-8-11-22-20(28)18-24-19-17-16-13(3)9-7-10-15(16)29-21(17)23-14(4)27(19)25-18/h13H,5-12H2,1-4H3,(H,22,28). The Hall–Kier alpha value is -2.06. The van der Waals surface area contributed by atoms with Crippen molar-refractivity contribution in [2.45, 2.75) is 59.3 Å². The first-order chi connectivity index (χ1) is 14.0. The first-order valence-corrected chi connectivity index (χ1v) is 11.5. The van der Waals surface area contributed by atoms with E-state index in [9.17, 15) is 4.79 Å². The number of carbonyl (C=O) groups is 1. The van der Waals surface area contributed by atoms with Crippen LogP contribution >= 0.6 is 11.3 Å². The topological polar surface area (TPSA) is 75.4 Å². The second-order valence-corrected chi connectivity index (χ2v) is 8.96. The molecule has 1 N–H and O–H groups in total. The Balaban J connectivity index is 1.60. The molecule has 1 aliphatic rings. The fourth-order valence-electron chi connectivity index (χ4n) is 4.31. The molecule has 0 saturated carbocycles. The number of nitrogens with one attached hydrogen (secondary N) is 1. The molecular formula is C21H30N6OS. The van der Waals surface area contributed by atoms with Gasteiger partial charge in [0, 0.05) is 11.4 Å². The van der Waals surface area contributed by atoms with E-state index in [0.717, 1.165) is 54.2 Å². The van der Waals surface area contributed by atoms with E-state index in [1.165, 1.54) is 23.3 Å². The number of rotatable bonds is 7. The molecule has 0 aliphatic heterocycles. The largest absolute Gasteiger partial charge is 0.349 e. The van der Waals surface area contributed by atoms with Crippen LogP contribution in [0.4, 0.5) is 0 Å². The summed E-state index contributed by atoms with van der Waals surface area (Å²) in [5.74, 6) is 1.29. The lowest BCUT2D eigenvalue weighted by Gasteiger charge is -2.18. The van der Waals surface area contributed by atoms with Gasteiger partial charge in [-0.15, -0.1) is 16.4 Å². The molecule has 156 valence electrons. The molecule has 0 saturated heterocycles. The molecule has 29 heavy (non-hydrogen) atoms. The lowest BCUT2D eigenvalue weighted by Crippen LogP contribution is -2.30. The molecule has 1 aliphatic carbocycles. The van der Waals surface area contributed by atoms with Gasteiger partial charge in [0.05, 0.1) is 5.39 Å². The van der Waals surface area contributed by atoms with Crippen molar-refractivity contribution in [3.63, 3.8) is 0 Å². The quantitative estimate of drug-likeness (QED) is 0.599. The first-order valence-electron chi connectivity index (χ1n) is 10.7. The van der Waals surface area contributed by atoms with Gasteiger partial charge in [-0.25, -0.2) is 9.97 Å². The Bertz CT molecular complexity index is 1040. The number of thiophene rings is 1. The smallest absolute Gasteiger partial charge is 0.290 e. The summed E-state index contributed by atoms with van der Waals surface area (Å²) in [6.45, 7) is 12.2. The van der Waals surface area contributed by atoms with Crippen LogP contribution in [0, 0.1) is 6.92 Å². The number of hydrogen-bond donors (Lipinski definition) is 1. The lowest BCUT2D eigenvalue weighted by atomic mass is 9.87. The summed E-state index contributed by atoms with van der Waals surface area (Å²) < 4.78 is 1.74. The molecule has 1 atom stereocenters. The van der Waals surface area contributed by atoms with Crippen molar-refractivity contribution in [1.29, 1.82) is 0 Å². The Morgan fingerprint density at radius 2 is 2.10 bits per heavy atom. The van der Waals surface area contributed by atoms with Gasteiger partial charge in [-0.3, -0.25) is 4.79 Å². The SMILES string of the molecule is CCN(CC)CCCNC(=O)c1nc2c3c4c(sc3nc(C)n2n1)CCCC4C. The number of fused-ring (bicyclic) bond motifs is 5. The Morgan fingerprint density at radius 3 is 2.86 bits per heavy atom. The van der Waals surface area contributed by atoms with Crippen LogP contribution in [0.3, 0.4) is 0 Å². The van der Waals surface area contributed by atoms with Crippen LogP contribution in [0.5, 0.6) is 0 Å². The van der Waals surface area contributed by atoms with Gasteiger partial charge in [-0.05, 0) is 63.7 Å². The number of aryl methyl sites for hydroxylation is 2. The van der Waals surface area contributed by atoms with Gasteiger partial charge < -0.3 is 10.2 Å². The van der Waals surface area contributed by atoms with Gasteiger partial charge >= 0.3 is 0 Å². The summed E-state index contributed by atoms with van der Waals surface area (Å²) >= 11 is 1.78. The molecule has 0 aromatic carbocycles. The van der Waals surface area contributed by atoms with Crippen molar-refractivity contribution in [3.05, 3.63) is 22.1 Å². The fraction of sp³-hybridized carbons (Fsp3) is 0.619. The number of hydrogen-bond acceptors (Lipinski definition) is 6. The number of nitrogens with zero attached hydrogens (tertiary/aromatic N) is 5. The number of carbonyl (C=O) groups excluding carboxylic acids is 1. The van der Waals surface area contributed by atoms with E-state index in [0.29, 0.717) is 12.5 Å². The van der Waals surface area contributed by atoms with E-state index in [4.69, 9.17) is 4.98 Å². The van der Waals surface area contributed by atoms with Crippen LogP contribution in [0.25, 0.3) is 15.9 Å². The van der Waals surface area contributed by atoms with Gasteiger partial charge in [0.2, 0.25) is 5.82 Å². The number of aromatic nitrogens is 4. The van der Waals surface area contributed by atoms with Crippen LogP contribution in [0.15, 0.2) is 0 Å². The zero-order valence-corrected chi connectivity index (χ0v) is 18.6. The zero-order chi connectivity index (χ0) is 20.5. The monoisotopic (exact) mass is 414 g/mol. The highest BCUT2D eigenvalue weighted by Gasteiger charge is 2.26. The van der Waals surface area contributed by atoms with Crippen LogP contribution in [0.1, 0.15) is 72.8 Å². The molecule has 0 spiro atoms. The van der Waals surface area contributed by atoms with Gasteiger partial charge in [0.25, 0.3) is 5.91 Å². The third kappa shape index (κ3) is 3.75. The van der Waals surface area contributed by atoms with Gasteiger partial charge in [0.15, 0.2) is 5.65 Å². The minimum absolute atomic E-state index is 0.210. The fourth-order valence-corrected chi connectivity index (χ4v) is 5.68. The predicted molar refractivity (Wildman–Crippen MR) is 117 cm³/mol. The third-order valence-corrected chi connectivity index (χ3v) is 7.13. The maximum atomic E-state index is 12.7. The first kappa shape index (κ1) is 20.2. The minimum Gasteiger partial charge on any atom is -0.349 e. The van der Waals surface area contributed by atoms with Crippen LogP contribution < -0.4 is 5.32 Å². The maximum Gasteiger partial charge on any atom is 0.290 e. The van der Waals surface area contributed by atoms with Crippen molar-refractivity contribution in [1.82, 2.24) is 29.8 Å². The van der Waals surface area contributed by atoms with Crippen molar-refractivity contribution in [2.24, 2.45) is 0 Å². The average molecular weight is 415 g/mol. The summed E-state index contributed by atoms with van der Waals surface area (Å²) in [7, 11) is 0. The molecule has 3 heterocycles. The molecule has 8 heteroatoms. The highest BCUT2D eigenvalue weighted by molar-refractivity contribution is 7.19. The summed E-state index contributed by atoms with van der Waals surface area (Å²) in [6.07, 6.45) is 4.44. The van der Waals surface area contributed by atoms with Crippen molar-refractivity contribution >= 4 is 33.1 Å². The molecule has 3 aromatic heterocycles. The van der Waals surface area contributed by atoms with Crippen LogP contribution in [-0.4, -0.2) is 56.6 Å². The normalized spacial score (nSPS) is 16.7. The van der Waals surface area contributed by atoms with E-state index in [2.05, 4.69) is 41.1 Å². The van der Waals surface area contributed by atoms with Gasteiger partial charge in [-0.1, -0.05) is 20.8 Å². The second kappa shape index (κ2) is 8.36. The third-order valence-electron chi connectivity index (χ3n) is 5.97. The van der Waals surface area contributed by atoms with Crippen LogP contribution in [0.2, 0.25) is 0 Å². The molecule has 0 fully saturated rings. The summed E-state index contributed by atoms with van der Waals surface area (Å²) in [4.78, 5) is 26.9. The Labute approximate surface area is 175 Å². The van der Waals surface area contributed by atoms with E-state index in [1.807, 2.05) is 6.92 Å². The second-order valence-electron chi connectivity index (χ2n) is 7.88. The van der Waals surface area contributed by atoms with Crippen molar-refractivity contribution in [2.75, 3.05) is 26.2 Å². The highest BCUT2D eigenvalue weighted by atomic mass is 32.1. The van der Waals surface area contributed by atoms with Crippen molar-refractivity contribution in [3.8, 4) is 0 Å². The zero-order valence-electron chi connectivity index (χ0n) is 17.8. The number of amides is 1. The van der Waals surface area contributed by atoms with E-state index >= 15 is 0 Å². The molecule has 1 unspecified atom stereocenters. The molecule has 7 nitrogen and oxygen atoms in total. The summed E-state index contributed by atoms with van der Waals surface area (Å²) in [5, 5.41) is 8.55. The molecule has 0 radical (unpaired) electrons. The molecular weight excluding hydrogens is 384 g/mol. The predicted octanol–water partition coefficient (Wildman–Crippen LogP) is 3.55. The average Bonchev–Trinajstić information content (AvgIpc) is 3.30. The van der Waals surface area contributed by atoms with Gasteiger partial charge in [0.1, 0.15) is 10.7 Å². The Kier molecular flexibility index (Phi) is 5.83.